The zero-order chi connectivity index (χ0) is 14.4. The zero-order valence-electron chi connectivity index (χ0n) is 12.5. The highest BCUT2D eigenvalue weighted by Crippen LogP contribution is 2.23. The molecule has 0 fully saturated rings. The monoisotopic (exact) mass is 309 g/mol. The van der Waals surface area contributed by atoms with Gasteiger partial charge in [0.2, 0.25) is 0 Å². The van der Waals surface area contributed by atoms with Crippen LogP contribution in [0.4, 0.5) is 0 Å². The summed E-state index contributed by atoms with van der Waals surface area (Å²) in [7, 11) is 0. The lowest BCUT2D eigenvalue weighted by atomic mass is 10.2. The van der Waals surface area contributed by atoms with E-state index in [-0.39, 0.29) is 0 Å². The molecule has 2 aromatic rings. The van der Waals surface area contributed by atoms with Crippen molar-refractivity contribution in [1.82, 2.24) is 15.3 Å². The van der Waals surface area contributed by atoms with Crippen LogP contribution in [0.3, 0.4) is 0 Å². The molecule has 2 aromatic heterocycles. The molecule has 0 bridgehead atoms. The Labute approximate surface area is 129 Å². The summed E-state index contributed by atoms with van der Waals surface area (Å²) in [5.41, 5.74) is 2.39. The van der Waals surface area contributed by atoms with E-state index >= 15 is 0 Å². The highest BCUT2D eigenvalue weighted by Gasteiger charge is 2.12. The van der Waals surface area contributed by atoms with E-state index in [2.05, 4.69) is 29.5 Å². The molecule has 0 saturated heterocycles. The van der Waals surface area contributed by atoms with Gasteiger partial charge in [-0.15, -0.1) is 22.7 Å². The van der Waals surface area contributed by atoms with Gasteiger partial charge in [-0.25, -0.2) is 9.97 Å². The van der Waals surface area contributed by atoms with Gasteiger partial charge < -0.3 is 5.32 Å². The normalized spacial score (nSPS) is 11.2. The second-order valence-corrected chi connectivity index (χ2v) is 7.07. The number of nitrogens with zero attached hydrogens (tertiary/aromatic N) is 2. The van der Waals surface area contributed by atoms with Crippen LogP contribution >= 0.6 is 22.7 Å². The minimum Gasteiger partial charge on any atom is -0.312 e. The van der Waals surface area contributed by atoms with Crippen molar-refractivity contribution in [3.8, 4) is 0 Å². The molecule has 0 spiro atoms. The number of rotatable bonds is 8. The largest absolute Gasteiger partial charge is 0.312 e. The Balaban J connectivity index is 2.07. The Morgan fingerprint density at radius 2 is 2.00 bits per heavy atom. The lowest BCUT2D eigenvalue weighted by Gasteiger charge is -2.02. The Morgan fingerprint density at radius 1 is 1.15 bits per heavy atom. The van der Waals surface area contributed by atoms with Crippen LogP contribution < -0.4 is 5.32 Å². The molecule has 0 atom stereocenters. The molecule has 0 aliphatic heterocycles. The molecule has 0 saturated carbocycles. The van der Waals surface area contributed by atoms with Crippen LogP contribution in [0.15, 0.2) is 5.38 Å². The van der Waals surface area contributed by atoms with Gasteiger partial charge in [-0.2, -0.15) is 0 Å². The van der Waals surface area contributed by atoms with E-state index in [1.54, 1.807) is 11.3 Å². The van der Waals surface area contributed by atoms with Gasteiger partial charge in [0.25, 0.3) is 0 Å². The average molecular weight is 310 g/mol. The molecule has 0 radical (unpaired) electrons. The maximum atomic E-state index is 4.83. The molecule has 5 heteroatoms. The predicted molar refractivity (Wildman–Crippen MR) is 87.8 cm³/mol. The van der Waals surface area contributed by atoms with Crippen molar-refractivity contribution in [2.24, 2.45) is 0 Å². The third-order valence-corrected chi connectivity index (χ3v) is 5.05. The van der Waals surface area contributed by atoms with Crippen LogP contribution in [-0.4, -0.2) is 16.5 Å². The first-order valence-electron chi connectivity index (χ1n) is 7.32. The first-order valence-corrected chi connectivity index (χ1v) is 9.01. The molecule has 110 valence electrons. The number of hydrogen-bond donors (Lipinski definition) is 1. The summed E-state index contributed by atoms with van der Waals surface area (Å²) >= 11 is 3.58. The van der Waals surface area contributed by atoms with Crippen LogP contribution in [0.1, 0.15) is 53.0 Å². The van der Waals surface area contributed by atoms with Crippen LogP contribution in [-0.2, 0) is 19.4 Å². The molecule has 2 rings (SSSR count). The minimum atomic E-state index is 0.883. The summed E-state index contributed by atoms with van der Waals surface area (Å²) in [6.45, 7) is 8.49. The second kappa shape index (κ2) is 7.86. The highest BCUT2D eigenvalue weighted by atomic mass is 32.1. The van der Waals surface area contributed by atoms with E-state index in [1.807, 2.05) is 18.3 Å². The van der Waals surface area contributed by atoms with Gasteiger partial charge in [-0.05, 0) is 26.3 Å². The topological polar surface area (TPSA) is 37.8 Å². The van der Waals surface area contributed by atoms with Crippen molar-refractivity contribution in [1.29, 1.82) is 0 Å². The molecular formula is C15H23N3S2. The molecule has 3 nitrogen and oxygen atoms in total. The molecule has 1 N–H and O–H groups in total. The van der Waals surface area contributed by atoms with Gasteiger partial charge in [-0.1, -0.05) is 20.3 Å². The Hall–Kier alpha value is -0.780. The lowest BCUT2D eigenvalue weighted by Crippen LogP contribution is -2.13. The fourth-order valence-corrected chi connectivity index (χ4v) is 4.03. The van der Waals surface area contributed by atoms with Crippen molar-refractivity contribution in [3.63, 3.8) is 0 Å². The standard InChI is InChI=1S/C15H23N3S2/c1-4-6-12-13(9-16-7-5-2)20-15(18-12)8-14-17-11(3)10-19-14/h10,16H,4-9H2,1-3H3. The molecule has 20 heavy (non-hydrogen) atoms. The SMILES string of the molecule is CCCNCc1sc(Cc2nc(C)cs2)nc1CCC. The van der Waals surface area contributed by atoms with Crippen LogP contribution in [0.2, 0.25) is 0 Å². The van der Waals surface area contributed by atoms with Crippen molar-refractivity contribution < 1.29 is 0 Å². The molecule has 2 heterocycles. The summed E-state index contributed by atoms with van der Waals surface area (Å²) in [6, 6.07) is 0. The van der Waals surface area contributed by atoms with E-state index in [1.165, 1.54) is 27.0 Å². The van der Waals surface area contributed by atoms with Gasteiger partial charge in [0.1, 0.15) is 0 Å². The summed E-state index contributed by atoms with van der Waals surface area (Å²) < 4.78 is 0. The van der Waals surface area contributed by atoms with Crippen molar-refractivity contribution in [2.45, 2.75) is 53.0 Å². The number of nitrogens with one attached hydrogen (secondary N) is 1. The molecule has 0 aromatic carbocycles. The fourth-order valence-electron chi connectivity index (χ4n) is 2.07. The fraction of sp³-hybridized carbons (Fsp3) is 0.600. The summed E-state index contributed by atoms with van der Waals surface area (Å²) in [5, 5.41) is 7.98. The lowest BCUT2D eigenvalue weighted by molar-refractivity contribution is 0.674. The first kappa shape index (κ1) is 15.6. The van der Waals surface area contributed by atoms with E-state index in [0.717, 1.165) is 38.0 Å². The van der Waals surface area contributed by atoms with Gasteiger partial charge in [0.05, 0.1) is 22.1 Å². The third kappa shape index (κ3) is 4.36. The molecule has 0 unspecified atom stereocenters. The van der Waals surface area contributed by atoms with Crippen LogP contribution in [0.5, 0.6) is 0 Å². The third-order valence-electron chi connectivity index (χ3n) is 2.99. The first-order chi connectivity index (χ1) is 9.72. The second-order valence-electron chi connectivity index (χ2n) is 4.96. The molecule has 0 amide bonds. The van der Waals surface area contributed by atoms with Crippen molar-refractivity contribution >= 4 is 22.7 Å². The van der Waals surface area contributed by atoms with E-state index < -0.39 is 0 Å². The van der Waals surface area contributed by atoms with Crippen LogP contribution in [0.25, 0.3) is 0 Å². The number of hydrogen-bond acceptors (Lipinski definition) is 5. The molecule has 0 aliphatic rings. The maximum Gasteiger partial charge on any atom is 0.0999 e. The Morgan fingerprint density at radius 3 is 2.65 bits per heavy atom. The van der Waals surface area contributed by atoms with E-state index in [4.69, 9.17) is 4.98 Å². The van der Waals surface area contributed by atoms with E-state index in [9.17, 15) is 0 Å². The zero-order valence-corrected chi connectivity index (χ0v) is 14.2. The molecular weight excluding hydrogens is 286 g/mol. The predicted octanol–water partition coefficient (Wildman–Crippen LogP) is 3.95. The summed E-state index contributed by atoms with van der Waals surface area (Å²) in [4.78, 5) is 10.8. The number of aryl methyl sites for hydroxylation is 2. The van der Waals surface area contributed by atoms with Gasteiger partial charge in [-0.3, -0.25) is 0 Å². The average Bonchev–Trinajstić information content (AvgIpc) is 2.98. The van der Waals surface area contributed by atoms with Gasteiger partial charge in [0.15, 0.2) is 0 Å². The molecule has 0 aliphatic carbocycles. The van der Waals surface area contributed by atoms with Crippen molar-refractivity contribution in [3.05, 3.63) is 31.7 Å². The van der Waals surface area contributed by atoms with Gasteiger partial charge >= 0.3 is 0 Å². The highest BCUT2D eigenvalue weighted by molar-refractivity contribution is 7.12. The summed E-state index contributed by atoms with van der Waals surface area (Å²) in [6.07, 6.45) is 4.29. The Bertz CT molecular complexity index is 531. The van der Waals surface area contributed by atoms with Gasteiger partial charge in [0, 0.05) is 22.5 Å². The Kier molecular flexibility index (Phi) is 6.13. The number of thiazole rings is 2. The van der Waals surface area contributed by atoms with Crippen molar-refractivity contribution in [2.75, 3.05) is 6.54 Å². The number of aromatic nitrogens is 2. The smallest absolute Gasteiger partial charge is 0.0999 e. The minimum absolute atomic E-state index is 0.883. The van der Waals surface area contributed by atoms with E-state index in [0.29, 0.717) is 0 Å². The van der Waals surface area contributed by atoms with Crippen LogP contribution in [0, 0.1) is 6.92 Å². The summed E-state index contributed by atoms with van der Waals surface area (Å²) in [5.74, 6) is 0. The quantitative estimate of drug-likeness (QED) is 0.750. The maximum absolute atomic E-state index is 4.83.